The number of nitrogens with one attached hydrogen (secondary N) is 1. The molecule has 0 aliphatic carbocycles. The second-order valence-electron chi connectivity index (χ2n) is 4.86. The smallest absolute Gasteiger partial charge is 0.313 e. The van der Waals surface area contributed by atoms with Crippen LogP contribution in [-0.4, -0.2) is 45.2 Å². The molecule has 0 radical (unpaired) electrons. The van der Waals surface area contributed by atoms with Gasteiger partial charge in [0, 0.05) is 18.5 Å². The maximum atomic E-state index is 12.9. The largest absolute Gasteiger partial charge is 0.481 e. The van der Waals surface area contributed by atoms with Crippen molar-refractivity contribution < 1.29 is 23.6 Å². The van der Waals surface area contributed by atoms with E-state index in [-0.39, 0.29) is 23.2 Å². The van der Waals surface area contributed by atoms with Crippen molar-refractivity contribution in [3.05, 3.63) is 36.0 Å². The summed E-state index contributed by atoms with van der Waals surface area (Å²) in [5.41, 5.74) is 0.662. The van der Waals surface area contributed by atoms with E-state index in [9.17, 15) is 14.0 Å². The van der Waals surface area contributed by atoms with Gasteiger partial charge in [-0.1, -0.05) is 5.16 Å². The van der Waals surface area contributed by atoms with Crippen molar-refractivity contribution in [2.24, 2.45) is 0 Å². The van der Waals surface area contributed by atoms with Crippen LogP contribution in [0.25, 0.3) is 11.4 Å². The molecule has 128 valence electrons. The van der Waals surface area contributed by atoms with Gasteiger partial charge in [-0.05, 0) is 30.7 Å². The van der Waals surface area contributed by atoms with Crippen LogP contribution in [0.15, 0.2) is 28.8 Å². The van der Waals surface area contributed by atoms with Gasteiger partial charge in [0.05, 0.1) is 11.5 Å². The number of rotatable bonds is 9. The quantitative estimate of drug-likeness (QED) is 0.662. The fourth-order valence-electron chi connectivity index (χ4n) is 1.82. The Morgan fingerprint density at radius 1 is 1.25 bits per heavy atom. The summed E-state index contributed by atoms with van der Waals surface area (Å²) in [5, 5.41) is 15.0. The lowest BCUT2D eigenvalue weighted by Gasteiger charge is -2.02. The molecule has 0 aliphatic rings. The summed E-state index contributed by atoms with van der Waals surface area (Å²) in [6.45, 7) is 0.431. The number of amides is 1. The van der Waals surface area contributed by atoms with Crippen LogP contribution in [0.3, 0.4) is 0 Å². The molecule has 7 nitrogen and oxygen atoms in total. The minimum atomic E-state index is -0.943. The third kappa shape index (κ3) is 5.99. The molecule has 9 heteroatoms. The second kappa shape index (κ2) is 9.02. The number of aryl methyl sites for hydroxylation is 1. The molecule has 1 amide bonds. The normalized spacial score (nSPS) is 10.5. The van der Waals surface area contributed by atoms with Gasteiger partial charge in [-0.3, -0.25) is 9.59 Å². The Kier molecular flexibility index (Phi) is 6.74. The minimum Gasteiger partial charge on any atom is -0.481 e. The van der Waals surface area contributed by atoms with Crippen LogP contribution >= 0.6 is 11.8 Å². The van der Waals surface area contributed by atoms with E-state index in [1.54, 1.807) is 12.1 Å². The standard InChI is InChI=1S/C15H16FN3O4S/c16-11-5-3-10(4-6-11)15-18-13(23-19-15)2-1-7-17-12(20)8-24-9-14(21)22/h3-6H,1-2,7-9H2,(H,17,20)(H,21,22). The van der Waals surface area contributed by atoms with E-state index in [1.807, 2.05) is 0 Å². The maximum Gasteiger partial charge on any atom is 0.313 e. The van der Waals surface area contributed by atoms with Crippen molar-refractivity contribution in [3.63, 3.8) is 0 Å². The van der Waals surface area contributed by atoms with Gasteiger partial charge in [0.2, 0.25) is 17.6 Å². The predicted octanol–water partition coefficient (Wildman–Crippen LogP) is 1.74. The third-order valence-corrected chi connectivity index (χ3v) is 3.84. The van der Waals surface area contributed by atoms with Gasteiger partial charge >= 0.3 is 5.97 Å². The summed E-state index contributed by atoms with van der Waals surface area (Å²) in [7, 11) is 0. The lowest BCUT2D eigenvalue weighted by Crippen LogP contribution is -2.26. The van der Waals surface area contributed by atoms with Gasteiger partial charge in [0.1, 0.15) is 5.82 Å². The Hall–Kier alpha value is -2.42. The summed E-state index contributed by atoms with van der Waals surface area (Å²) >= 11 is 1.05. The molecule has 0 unspecified atom stereocenters. The number of carboxylic acid groups (broad SMARTS) is 1. The highest BCUT2D eigenvalue weighted by molar-refractivity contribution is 8.00. The van der Waals surface area contributed by atoms with Gasteiger partial charge in [-0.2, -0.15) is 4.98 Å². The summed E-state index contributed by atoms with van der Waals surface area (Å²) < 4.78 is 18.0. The van der Waals surface area contributed by atoms with Crippen LogP contribution in [-0.2, 0) is 16.0 Å². The Morgan fingerprint density at radius 2 is 2.00 bits per heavy atom. The van der Waals surface area contributed by atoms with E-state index in [2.05, 4.69) is 15.5 Å². The number of hydrogen-bond donors (Lipinski definition) is 2. The molecule has 1 heterocycles. The number of carbonyl (C=O) groups excluding carboxylic acids is 1. The first-order valence-corrected chi connectivity index (χ1v) is 8.35. The average Bonchev–Trinajstić information content (AvgIpc) is 3.01. The van der Waals surface area contributed by atoms with Gasteiger partial charge in [0.25, 0.3) is 0 Å². The molecule has 0 spiro atoms. The fraction of sp³-hybridized carbons (Fsp3) is 0.333. The molecule has 0 bridgehead atoms. The molecule has 0 saturated carbocycles. The summed E-state index contributed by atoms with van der Waals surface area (Å²) in [6, 6.07) is 5.78. The number of nitrogens with zero attached hydrogens (tertiary/aromatic N) is 2. The zero-order valence-electron chi connectivity index (χ0n) is 12.7. The van der Waals surface area contributed by atoms with E-state index in [4.69, 9.17) is 9.63 Å². The number of aromatic nitrogens is 2. The molecule has 1 aromatic carbocycles. The zero-order valence-corrected chi connectivity index (χ0v) is 13.5. The second-order valence-corrected chi connectivity index (χ2v) is 5.84. The van der Waals surface area contributed by atoms with Crippen LogP contribution < -0.4 is 5.32 Å². The lowest BCUT2D eigenvalue weighted by atomic mass is 10.2. The molecule has 0 atom stereocenters. The van der Waals surface area contributed by atoms with Crippen molar-refractivity contribution in [2.75, 3.05) is 18.1 Å². The highest BCUT2D eigenvalue weighted by atomic mass is 32.2. The van der Waals surface area contributed by atoms with Crippen LogP contribution in [0, 0.1) is 5.82 Å². The Balaban J connectivity index is 1.69. The van der Waals surface area contributed by atoms with Crippen LogP contribution in [0.2, 0.25) is 0 Å². The van der Waals surface area contributed by atoms with Gasteiger partial charge < -0.3 is 14.9 Å². The van der Waals surface area contributed by atoms with E-state index >= 15 is 0 Å². The number of halogens is 1. The molecule has 0 fully saturated rings. The van der Waals surface area contributed by atoms with Crippen molar-refractivity contribution in [1.82, 2.24) is 15.5 Å². The molecule has 1 aromatic heterocycles. The highest BCUT2D eigenvalue weighted by Crippen LogP contribution is 2.16. The predicted molar refractivity (Wildman–Crippen MR) is 86.0 cm³/mol. The SMILES string of the molecule is O=C(O)CSCC(=O)NCCCc1nc(-c2ccc(F)cc2)no1. The summed E-state index contributed by atoms with van der Waals surface area (Å²) in [5.74, 6) is -0.647. The Morgan fingerprint density at radius 3 is 2.71 bits per heavy atom. The summed E-state index contributed by atoms with van der Waals surface area (Å²) in [4.78, 5) is 26.0. The van der Waals surface area contributed by atoms with Gasteiger partial charge in [0.15, 0.2) is 0 Å². The molecule has 0 aliphatic heterocycles. The summed E-state index contributed by atoms with van der Waals surface area (Å²) in [6.07, 6.45) is 1.11. The molecule has 2 aromatic rings. The zero-order chi connectivity index (χ0) is 17.4. The first kappa shape index (κ1) is 17.9. The van der Waals surface area contributed by atoms with E-state index in [1.165, 1.54) is 12.1 Å². The van der Waals surface area contributed by atoms with Crippen molar-refractivity contribution in [2.45, 2.75) is 12.8 Å². The minimum absolute atomic E-state index is 0.0957. The molecule has 0 saturated heterocycles. The molecular formula is C15H16FN3O4S. The number of carboxylic acids is 1. The lowest BCUT2D eigenvalue weighted by molar-refractivity contribution is -0.133. The molecule has 2 rings (SSSR count). The monoisotopic (exact) mass is 353 g/mol. The van der Waals surface area contributed by atoms with Crippen LogP contribution in [0.5, 0.6) is 0 Å². The van der Waals surface area contributed by atoms with Crippen molar-refractivity contribution in [3.8, 4) is 11.4 Å². The van der Waals surface area contributed by atoms with Crippen LogP contribution in [0.4, 0.5) is 4.39 Å². The maximum absolute atomic E-state index is 12.9. The van der Waals surface area contributed by atoms with E-state index < -0.39 is 5.97 Å². The number of carbonyl (C=O) groups is 2. The number of thioether (sulfide) groups is 1. The number of benzene rings is 1. The molecule has 2 N–H and O–H groups in total. The fourth-order valence-corrected chi connectivity index (χ4v) is 2.39. The number of hydrogen-bond acceptors (Lipinski definition) is 6. The first-order valence-electron chi connectivity index (χ1n) is 7.19. The van der Waals surface area contributed by atoms with Gasteiger partial charge in [-0.25, -0.2) is 4.39 Å². The highest BCUT2D eigenvalue weighted by Gasteiger charge is 2.09. The van der Waals surface area contributed by atoms with Crippen molar-refractivity contribution in [1.29, 1.82) is 0 Å². The van der Waals surface area contributed by atoms with E-state index in [0.717, 1.165) is 11.8 Å². The topological polar surface area (TPSA) is 105 Å². The molecule has 24 heavy (non-hydrogen) atoms. The van der Waals surface area contributed by atoms with E-state index in [0.29, 0.717) is 36.7 Å². The molecular weight excluding hydrogens is 337 g/mol. The van der Waals surface area contributed by atoms with Crippen LogP contribution in [0.1, 0.15) is 12.3 Å². The average molecular weight is 353 g/mol. The first-order chi connectivity index (χ1) is 11.5. The Labute approximate surface area is 141 Å². The van der Waals surface area contributed by atoms with Crippen molar-refractivity contribution >= 4 is 23.6 Å². The van der Waals surface area contributed by atoms with Gasteiger partial charge in [-0.15, -0.1) is 11.8 Å². The Bertz CT molecular complexity index is 690. The number of aliphatic carboxylic acids is 1. The third-order valence-electron chi connectivity index (χ3n) is 2.92.